The van der Waals surface area contributed by atoms with Gasteiger partial charge in [-0.2, -0.15) is 0 Å². The first-order valence-corrected chi connectivity index (χ1v) is 13.1. The number of amides is 3. The van der Waals surface area contributed by atoms with Gasteiger partial charge in [-0.05, 0) is 85.6 Å². The van der Waals surface area contributed by atoms with Gasteiger partial charge < -0.3 is 14.8 Å². The van der Waals surface area contributed by atoms with Crippen LogP contribution in [-0.2, 0) is 14.3 Å². The summed E-state index contributed by atoms with van der Waals surface area (Å²) in [5.74, 6) is -0.760. The molecule has 39 heavy (non-hydrogen) atoms. The summed E-state index contributed by atoms with van der Waals surface area (Å²) in [5.41, 5.74) is 4.62. The number of aryl methyl sites for hydroxylation is 3. The lowest BCUT2D eigenvalue weighted by molar-refractivity contribution is -0.123. The van der Waals surface area contributed by atoms with E-state index in [2.05, 4.69) is 5.32 Å². The number of carbonyl (C=O) groups is 4. The predicted octanol–water partition coefficient (Wildman–Crippen LogP) is 5.52. The van der Waals surface area contributed by atoms with E-state index < -0.39 is 24.4 Å². The molecular formula is C30H28N2O6S. The molecule has 0 atom stereocenters. The van der Waals surface area contributed by atoms with Crippen LogP contribution < -0.4 is 10.1 Å². The first-order chi connectivity index (χ1) is 18.7. The summed E-state index contributed by atoms with van der Waals surface area (Å²) < 4.78 is 10.9. The van der Waals surface area contributed by atoms with E-state index in [0.717, 1.165) is 39.1 Å². The number of anilines is 1. The molecule has 0 saturated carbocycles. The lowest BCUT2D eigenvalue weighted by Crippen LogP contribution is -2.32. The molecule has 0 radical (unpaired) electrons. The number of rotatable bonds is 9. The van der Waals surface area contributed by atoms with Crippen molar-refractivity contribution in [2.45, 2.75) is 20.8 Å². The van der Waals surface area contributed by atoms with E-state index >= 15 is 0 Å². The average molecular weight is 545 g/mol. The van der Waals surface area contributed by atoms with Crippen LogP contribution in [0.3, 0.4) is 0 Å². The summed E-state index contributed by atoms with van der Waals surface area (Å²) >= 11 is 0.859. The summed E-state index contributed by atoms with van der Waals surface area (Å²) in [4.78, 5) is 51.1. The van der Waals surface area contributed by atoms with Gasteiger partial charge in [-0.3, -0.25) is 19.3 Å². The maximum absolute atomic E-state index is 12.8. The fourth-order valence-electron chi connectivity index (χ4n) is 3.72. The van der Waals surface area contributed by atoms with E-state index in [1.807, 2.05) is 51.1 Å². The number of ether oxygens (including phenoxy) is 2. The number of nitrogens with one attached hydrogen (secondary N) is 1. The minimum absolute atomic E-state index is 0.137. The van der Waals surface area contributed by atoms with Crippen LogP contribution in [-0.4, -0.2) is 47.7 Å². The standard InChI is InChI=1S/C30H28N2O6S/c1-19-5-12-24(13-6-19)31-27(33)18-38-29(35)23-10-8-22(9-11-23)17-26-28(34)32(30(36)39-26)14-15-37-25-16-20(2)4-7-21(25)3/h4-13,16-17H,14-15,18H2,1-3H3,(H,31,33)/b26-17-. The number of esters is 1. The molecule has 0 unspecified atom stereocenters. The quantitative estimate of drug-likeness (QED) is 0.279. The summed E-state index contributed by atoms with van der Waals surface area (Å²) in [6.45, 7) is 5.75. The van der Waals surface area contributed by atoms with E-state index in [9.17, 15) is 19.2 Å². The zero-order valence-electron chi connectivity index (χ0n) is 21.9. The van der Waals surface area contributed by atoms with Crippen molar-refractivity contribution in [2.75, 3.05) is 25.1 Å². The van der Waals surface area contributed by atoms with Crippen LogP contribution >= 0.6 is 11.8 Å². The SMILES string of the molecule is Cc1ccc(NC(=O)COC(=O)c2ccc(/C=C3\SC(=O)N(CCOc4cc(C)ccc4C)C3=O)cc2)cc1. The van der Waals surface area contributed by atoms with E-state index in [0.29, 0.717) is 11.3 Å². The Labute approximate surface area is 231 Å². The van der Waals surface area contributed by atoms with E-state index in [1.54, 1.807) is 30.3 Å². The number of hydrogen-bond donors (Lipinski definition) is 1. The summed E-state index contributed by atoms with van der Waals surface area (Å²) in [6, 6.07) is 19.5. The van der Waals surface area contributed by atoms with Crippen LogP contribution in [0, 0.1) is 20.8 Å². The van der Waals surface area contributed by atoms with Gasteiger partial charge in [0.25, 0.3) is 17.1 Å². The normalized spacial score (nSPS) is 14.0. The molecule has 1 aliphatic rings. The maximum atomic E-state index is 12.8. The lowest BCUT2D eigenvalue weighted by atomic mass is 10.1. The highest BCUT2D eigenvalue weighted by Crippen LogP contribution is 2.32. The number of benzene rings is 3. The van der Waals surface area contributed by atoms with E-state index in [-0.39, 0.29) is 28.9 Å². The van der Waals surface area contributed by atoms with Crippen LogP contribution in [0.2, 0.25) is 0 Å². The number of hydrogen-bond acceptors (Lipinski definition) is 7. The highest BCUT2D eigenvalue weighted by molar-refractivity contribution is 8.18. The molecule has 1 heterocycles. The van der Waals surface area contributed by atoms with Gasteiger partial charge >= 0.3 is 5.97 Å². The van der Waals surface area contributed by atoms with Gasteiger partial charge in [-0.25, -0.2) is 4.79 Å². The Balaban J connectivity index is 1.28. The monoisotopic (exact) mass is 544 g/mol. The van der Waals surface area contributed by atoms with Crippen LogP contribution in [0.1, 0.15) is 32.6 Å². The molecule has 3 aromatic carbocycles. The van der Waals surface area contributed by atoms with Crippen molar-refractivity contribution < 1.29 is 28.7 Å². The number of nitrogens with zero attached hydrogens (tertiary/aromatic N) is 1. The largest absolute Gasteiger partial charge is 0.491 e. The smallest absolute Gasteiger partial charge is 0.338 e. The van der Waals surface area contributed by atoms with Crippen LogP contribution in [0.15, 0.2) is 71.6 Å². The van der Waals surface area contributed by atoms with Crippen LogP contribution in [0.25, 0.3) is 6.08 Å². The molecular weight excluding hydrogens is 516 g/mol. The summed E-state index contributed by atoms with van der Waals surface area (Å²) in [5, 5.41) is 2.30. The van der Waals surface area contributed by atoms with Crippen molar-refractivity contribution >= 4 is 46.5 Å². The summed E-state index contributed by atoms with van der Waals surface area (Å²) in [7, 11) is 0. The maximum Gasteiger partial charge on any atom is 0.338 e. The molecule has 0 aliphatic carbocycles. The first kappa shape index (κ1) is 27.7. The second-order valence-electron chi connectivity index (χ2n) is 9.06. The molecule has 0 aromatic heterocycles. The van der Waals surface area contributed by atoms with Crippen molar-refractivity contribution in [3.05, 3.63) is 99.5 Å². The molecule has 200 valence electrons. The van der Waals surface area contributed by atoms with Crippen molar-refractivity contribution in [3.8, 4) is 5.75 Å². The molecule has 1 saturated heterocycles. The highest BCUT2D eigenvalue weighted by Gasteiger charge is 2.34. The van der Waals surface area contributed by atoms with Gasteiger partial charge in [-0.1, -0.05) is 42.0 Å². The Bertz CT molecular complexity index is 1430. The number of imide groups is 1. The molecule has 8 nitrogen and oxygen atoms in total. The molecule has 1 N–H and O–H groups in total. The molecule has 9 heteroatoms. The van der Waals surface area contributed by atoms with Gasteiger partial charge in [0.05, 0.1) is 17.0 Å². The van der Waals surface area contributed by atoms with Gasteiger partial charge in [0.1, 0.15) is 12.4 Å². The summed E-state index contributed by atoms with van der Waals surface area (Å²) in [6.07, 6.45) is 1.60. The second-order valence-corrected chi connectivity index (χ2v) is 10.1. The zero-order valence-corrected chi connectivity index (χ0v) is 22.7. The highest BCUT2D eigenvalue weighted by atomic mass is 32.2. The van der Waals surface area contributed by atoms with Crippen molar-refractivity contribution in [3.63, 3.8) is 0 Å². The fourth-order valence-corrected chi connectivity index (χ4v) is 4.58. The molecule has 4 rings (SSSR count). The van der Waals surface area contributed by atoms with E-state index in [1.165, 1.54) is 12.1 Å². The third-order valence-electron chi connectivity index (χ3n) is 5.90. The minimum atomic E-state index is -0.648. The molecule has 0 spiro atoms. The van der Waals surface area contributed by atoms with Crippen molar-refractivity contribution in [1.29, 1.82) is 0 Å². The zero-order chi connectivity index (χ0) is 27.9. The molecule has 3 amide bonds. The minimum Gasteiger partial charge on any atom is -0.491 e. The average Bonchev–Trinajstić information content (AvgIpc) is 3.18. The fraction of sp³-hybridized carbons (Fsp3) is 0.200. The van der Waals surface area contributed by atoms with Crippen LogP contribution in [0.4, 0.5) is 10.5 Å². The van der Waals surface area contributed by atoms with Gasteiger partial charge in [0.2, 0.25) is 0 Å². The molecule has 1 fully saturated rings. The third kappa shape index (κ3) is 7.36. The Morgan fingerprint density at radius 1 is 0.923 bits per heavy atom. The van der Waals surface area contributed by atoms with Crippen LogP contribution in [0.5, 0.6) is 5.75 Å². The second kappa shape index (κ2) is 12.4. The molecule has 0 bridgehead atoms. The predicted molar refractivity (Wildman–Crippen MR) is 151 cm³/mol. The Morgan fingerprint density at radius 2 is 1.62 bits per heavy atom. The molecule has 1 aliphatic heterocycles. The Kier molecular flexibility index (Phi) is 8.83. The first-order valence-electron chi connectivity index (χ1n) is 12.3. The third-order valence-corrected chi connectivity index (χ3v) is 6.81. The number of thioether (sulfide) groups is 1. The van der Waals surface area contributed by atoms with Crippen molar-refractivity contribution in [2.24, 2.45) is 0 Å². The van der Waals surface area contributed by atoms with Crippen molar-refractivity contribution in [1.82, 2.24) is 4.90 Å². The number of carbonyl (C=O) groups excluding carboxylic acids is 4. The Hall–Kier alpha value is -4.37. The van der Waals surface area contributed by atoms with Gasteiger partial charge in [-0.15, -0.1) is 0 Å². The lowest BCUT2D eigenvalue weighted by Gasteiger charge is -2.14. The topological polar surface area (TPSA) is 102 Å². The Morgan fingerprint density at radius 3 is 2.33 bits per heavy atom. The van der Waals surface area contributed by atoms with Gasteiger partial charge in [0.15, 0.2) is 6.61 Å². The van der Waals surface area contributed by atoms with E-state index in [4.69, 9.17) is 9.47 Å². The van der Waals surface area contributed by atoms with Gasteiger partial charge in [0, 0.05) is 5.69 Å². The molecule has 3 aromatic rings.